The zero-order chi connectivity index (χ0) is 55.7. The summed E-state index contributed by atoms with van der Waals surface area (Å²) in [4.78, 5) is 7.90. The Balaban J connectivity index is 1.02. The summed E-state index contributed by atoms with van der Waals surface area (Å²) in [5, 5.41) is 84.5. The first-order valence-electron chi connectivity index (χ1n) is 27.1. The fourth-order valence-corrected chi connectivity index (χ4v) is 11.5. The Bertz CT molecular complexity index is 2780. The summed E-state index contributed by atoms with van der Waals surface area (Å²) >= 11 is 0. The van der Waals surface area contributed by atoms with Gasteiger partial charge in [0.25, 0.3) is 0 Å². The molecule has 6 heterocycles. The number of phosphoric ester groups is 1. The highest BCUT2D eigenvalue weighted by Crippen LogP contribution is 2.53. The number of aromatic nitrogens is 6. The van der Waals surface area contributed by atoms with Crippen molar-refractivity contribution >= 4 is 30.5 Å². The lowest BCUT2D eigenvalue weighted by Crippen LogP contribution is -2.41. The number of halogens is 1. The molecule has 5 aromatic rings. The van der Waals surface area contributed by atoms with Crippen LogP contribution < -0.4 is 11.5 Å². The van der Waals surface area contributed by atoms with E-state index in [1.54, 1.807) is 6.07 Å². The van der Waals surface area contributed by atoms with E-state index >= 15 is 4.57 Å². The number of aryl methyl sites for hydroxylation is 1. The van der Waals surface area contributed by atoms with Crippen LogP contribution in [0.4, 0.5) is 16.0 Å². The summed E-state index contributed by atoms with van der Waals surface area (Å²) in [6.45, 7) is 0.783. The molecule has 0 saturated carbocycles. The fraction of sp³-hybridized carbons (Fsp3) is 0.611. The SMILES string of the molecule is CCCCCCCCCCCCCCCCCCOC[C@@H](CCc1cc(F)cc(C#N)c1)COP(=O)(OC[C@H]1O[C@@](C#N)(c2ccc3c(N)ncnn23)[C@H](O)[C@@H]1O)OC[C@H]1O[C@@](C#N)(c2ccc3c(N)ncnn23)[C@H](O)[C@@H]1O. The zero-order valence-electron chi connectivity index (χ0n) is 44.2. The first kappa shape index (κ1) is 59.9. The van der Waals surface area contributed by atoms with E-state index in [9.17, 15) is 40.6 Å². The van der Waals surface area contributed by atoms with Gasteiger partial charge in [0.1, 0.15) is 78.3 Å². The molecule has 1 aromatic carbocycles. The number of benzene rings is 1. The second-order valence-electron chi connectivity index (χ2n) is 20.3. The van der Waals surface area contributed by atoms with Crippen molar-refractivity contribution in [2.75, 3.05) is 44.5 Å². The van der Waals surface area contributed by atoms with Gasteiger partial charge in [0.15, 0.2) is 11.6 Å². The molecular formula is C54H73FN11O11P. The molecule has 0 spiro atoms. The van der Waals surface area contributed by atoms with Crippen LogP contribution in [0, 0.1) is 45.7 Å². The lowest BCUT2D eigenvalue weighted by molar-refractivity contribution is -0.0748. The molecule has 2 saturated heterocycles. The van der Waals surface area contributed by atoms with Crippen molar-refractivity contribution in [3.05, 3.63) is 83.5 Å². The van der Waals surface area contributed by atoms with Crippen LogP contribution in [-0.2, 0) is 50.0 Å². The summed E-state index contributed by atoms with van der Waals surface area (Å²) in [5.41, 5.74) is 8.78. The van der Waals surface area contributed by atoms with Gasteiger partial charge in [-0.3, -0.25) is 13.6 Å². The number of nitriles is 3. The number of nitrogens with two attached hydrogens (primary N) is 2. The number of nitrogens with zero attached hydrogens (tertiary/aromatic N) is 9. The summed E-state index contributed by atoms with van der Waals surface area (Å²) in [6.07, 6.45) is 11.9. The number of hydrogen-bond donors (Lipinski definition) is 6. The van der Waals surface area contributed by atoms with Crippen molar-refractivity contribution in [2.24, 2.45) is 5.92 Å². The van der Waals surface area contributed by atoms with Crippen LogP contribution in [0.2, 0.25) is 0 Å². The number of unbranched alkanes of at least 4 members (excludes halogenated alkanes) is 15. The van der Waals surface area contributed by atoms with Crippen LogP contribution in [0.15, 0.2) is 55.1 Å². The highest BCUT2D eigenvalue weighted by molar-refractivity contribution is 7.48. The van der Waals surface area contributed by atoms with Gasteiger partial charge in [0, 0.05) is 12.5 Å². The quantitative estimate of drug-likeness (QED) is 0.0182. The molecule has 0 unspecified atom stereocenters. The first-order valence-corrected chi connectivity index (χ1v) is 28.6. The standard InChI is InChI=1S/C54H73FN11O11P/c1-2-3-4-5-6-7-8-9-10-11-12-13-14-15-16-17-24-72-29-38(19-18-37-25-39(28-56)27-40(55)26-37)30-73-78(71,74-31-43-47(67)49(69)53(33-57,76-43)45-22-20-41-51(59)61-35-63-65(41)45)75-32-44-48(68)50(70)54(34-58,77-44)46-23-21-42-52(60)62-36-64-66(42)46/h20-23,25-27,35-36,38,43-44,47-50,67-70H,2-19,24,29-32H2,1H3,(H2,59,61,63)(H2,60,62,64)/t38-,43-,44-,47-,48-,49-,50-,53+,54+/m1/s1. The number of aliphatic hydroxyl groups is 4. The van der Waals surface area contributed by atoms with E-state index in [-0.39, 0.29) is 65.7 Å². The topological polar surface area (TPSA) is 337 Å². The predicted octanol–water partition coefficient (Wildman–Crippen LogP) is 7.01. The molecule has 2 aliphatic heterocycles. The van der Waals surface area contributed by atoms with Gasteiger partial charge in [-0.25, -0.2) is 28.0 Å². The van der Waals surface area contributed by atoms with Gasteiger partial charge in [0.2, 0.25) is 11.2 Å². The highest BCUT2D eigenvalue weighted by Gasteiger charge is 2.59. The molecule has 7 rings (SSSR count). The number of phosphoric acid groups is 1. The maximum Gasteiger partial charge on any atom is 0.474 e. The van der Waals surface area contributed by atoms with Gasteiger partial charge >= 0.3 is 7.82 Å². The van der Waals surface area contributed by atoms with Gasteiger partial charge in [-0.15, -0.1) is 0 Å². The third-order valence-corrected chi connectivity index (χ3v) is 16.1. The molecule has 2 fully saturated rings. The van der Waals surface area contributed by atoms with E-state index in [0.29, 0.717) is 12.2 Å². The maximum absolute atomic E-state index is 15.0. The third kappa shape index (κ3) is 14.4. The smallest absolute Gasteiger partial charge is 0.387 e. The van der Waals surface area contributed by atoms with E-state index in [2.05, 4.69) is 27.1 Å². The molecule has 22 nitrogen and oxygen atoms in total. The molecule has 422 valence electrons. The maximum atomic E-state index is 15.0. The Hall–Kier alpha value is -5.71. The summed E-state index contributed by atoms with van der Waals surface area (Å²) in [5.74, 6) is -1.000. The van der Waals surface area contributed by atoms with E-state index in [0.717, 1.165) is 44.4 Å². The zero-order valence-corrected chi connectivity index (χ0v) is 45.0. The van der Waals surface area contributed by atoms with Crippen LogP contribution in [-0.4, -0.2) is 119 Å². The van der Waals surface area contributed by atoms with Gasteiger partial charge in [-0.2, -0.15) is 26.0 Å². The molecule has 9 atom stereocenters. The first-order chi connectivity index (χ1) is 37.7. The van der Waals surface area contributed by atoms with Crippen molar-refractivity contribution in [3.63, 3.8) is 0 Å². The lowest BCUT2D eigenvalue weighted by atomic mass is 9.92. The minimum Gasteiger partial charge on any atom is -0.387 e. The Morgan fingerprint density at radius 3 is 1.63 bits per heavy atom. The predicted molar refractivity (Wildman–Crippen MR) is 282 cm³/mol. The largest absolute Gasteiger partial charge is 0.474 e. The Kier molecular flexibility index (Phi) is 21.9. The van der Waals surface area contributed by atoms with Gasteiger partial charge in [-0.05, 0) is 67.3 Å². The number of hydrogen-bond acceptors (Lipinski definition) is 20. The minimum absolute atomic E-state index is 0.00160. The second-order valence-corrected chi connectivity index (χ2v) is 21.9. The van der Waals surface area contributed by atoms with Crippen molar-refractivity contribution in [2.45, 2.75) is 170 Å². The van der Waals surface area contributed by atoms with Gasteiger partial charge < -0.3 is 46.1 Å². The van der Waals surface area contributed by atoms with E-state index in [1.807, 2.05) is 18.2 Å². The third-order valence-electron chi connectivity index (χ3n) is 14.7. The number of aliphatic hydroxyl groups excluding tert-OH is 4. The Morgan fingerprint density at radius 2 is 1.17 bits per heavy atom. The van der Waals surface area contributed by atoms with Crippen LogP contribution >= 0.6 is 7.82 Å². The molecule has 0 aliphatic carbocycles. The molecule has 0 amide bonds. The van der Waals surface area contributed by atoms with Crippen LogP contribution in [0.3, 0.4) is 0 Å². The van der Waals surface area contributed by atoms with Crippen molar-refractivity contribution < 1.29 is 57.2 Å². The average Bonchev–Trinajstić information content (AvgIpc) is 4.42. The monoisotopic (exact) mass is 1100 g/mol. The van der Waals surface area contributed by atoms with E-state index in [1.165, 1.54) is 116 Å². The van der Waals surface area contributed by atoms with Crippen molar-refractivity contribution in [1.29, 1.82) is 15.8 Å². The van der Waals surface area contributed by atoms with Crippen molar-refractivity contribution in [1.82, 2.24) is 29.2 Å². The lowest BCUT2D eigenvalue weighted by Gasteiger charge is -2.26. The number of ether oxygens (including phenoxy) is 3. The van der Waals surface area contributed by atoms with Gasteiger partial charge in [-0.1, -0.05) is 103 Å². The molecule has 0 bridgehead atoms. The Morgan fingerprint density at radius 1 is 0.692 bits per heavy atom. The number of fused-ring (bicyclic) bond motifs is 2. The molecule has 8 N–H and O–H groups in total. The highest BCUT2D eigenvalue weighted by atomic mass is 31.2. The fourth-order valence-electron chi connectivity index (χ4n) is 10.2. The number of anilines is 2. The normalized spacial score (nSPS) is 23.7. The molecule has 24 heteroatoms. The summed E-state index contributed by atoms with van der Waals surface area (Å²) < 4.78 is 68.1. The van der Waals surface area contributed by atoms with Crippen LogP contribution in [0.25, 0.3) is 11.0 Å². The number of nitrogen functional groups attached to an aromatic ring is 2. The van der Waals surface area contributed by atoms with Crippen LogP contribution in [0.1, 0.15) is 139 Å². The van der Waals surface area contributed by atoms with Gasteiger partial charge in [0.05, 0.1) is 49.4 Å². The molecule has 2 aliphatic rings. The van der Waals surface area contributed by atoms with E-state index in [4.69, 9.17) is 39.2 Å². The molecule has 78 heavy (non-hydrogen) atoms. The van der Waals surface area contributed by atoms with Crippen molar-refractivity contribution in [3.8, 4) is 18.2 Å². The molecule has 0 radical (unpaired) electrons. The second kappa shape index (κ2) is 28.4. The summed E-state index contributed by atoms with van der Waals surface area (Å²) in [7, 11) is -4.93. The van der Waals surface area contributed by atoms with Crippen LogP contribution in [0.5, 0.6) is 0 Å². The average molecular weight is 1100 g/mol. The van der Waals surface area contributed by atoms with E-state index < -0.39 is 80.6 Å². The number of rotatable bonds is 33. The minimum atomic E-state index is -4.93. The summed E-state index contributed by atoms with van der Waals surface area (Å²) in [6, 6.07) is 15.7. The molecule has 4 aromatic heterocycles. The Labute approximate surface area is 453 Å². The molecular weight excluding hydrogens is 1030 g/mol.